The maximum absolute atomic E-state index is 10.6. The summed E-state index contributed by atoms with van der Waals surface area (Å²) >= 11 is 0. The van der Waals surface area contributed by atoms with Gasteiger partial charge >= 0.3 is 0 Å². The van der Waals surface area contributed by atoms with Crippen LogP contribution < -0.4 is 10.6 Å². The van der Waals surface area contributed by atoms with Gasteiger partial charge in [0, 0.05) is 23.4 Å². The zero-order valence-corrected chi connectivity index (χ0v) is 17.9. The molecule has 5 rings (SSSR count). The Balaban J connectivity index is 1.49. The molecule has 5 aromatic rings. The summed E-state index contributed by atoms with van der Waals surface area (Å²) in [5, 5.41) is 6.99. The molecule has 0 aliphatic heterocycles. The number of hydrogen-bond acceptors (Lipinski definition) is 5. The summed E-state index contributed by atoms with van der Waals surface area (Å²) in [6.07, 6.45) is 3.00. The molecule has 2 heterocycles. The maximum atomic E-state index is 10.6. The van der Waals surface area contributed by atoms with Crippen LogP contribution in [-0.2, 0) is 11.2 Å². The summed E-state index contributed by atoms with van der Waals surface area (Å²) in [6.45, 7) is 0.687. The summed E-state index contributed by atoms with van der Waals surface area (Å²) in [6, 6.07) is 28.0. The molecule has 0 aliphatic rings. The molecule has 33 heavy (non-hydrogen) atoms. The summed E-state index contributed by atoms with van der Waals surface area (Å²) < 4.78 is 6.25. The van der Waals surface area contributed by atoms with Gasteiger partial charge in [-0.3, -0.25) is 4.79 Å². The van der Waals surface area contributed by atoms with Gasteiger partial charge in [-0.1, -0.05) is 72.8 Å². The van der Waals surface area contributed by atoms with Gasteiger partial charge < -0.3 is 15.1 Å². The standard InChI is InChI=1S/C27H22N4O2/c32-18-31-22-13-11-19(12-14-22)15-16-28-26-24-23(20-7-3-1-4-8-20)25(21-9-5-2-6-10-21)33-27(24)30-17-29-26/h1-14,17-18H,15-16H2,(H,31,32)(H,28,29,30). The van der Waals surface area contributed by atoms with E-state index in [-0.39, 0.29) is 0 Å². The molecule has 162 valence electrons. The van der Waals surface area contributed by atoms with Gasteiger partial charge in [0.1, 0.15) is 17.9 Å². The average Bonchev–Trinajstić information content (AvgIpc) is 3.27. The number of carbonyl (C=O) groups is 1. The first kappa shape index (κ1) is 20.5. The van der Waals surface area contributed by atoms with Crippen molar-refractivity contribution in [1.82, 2.24) is 9.97 Å². The highest BCUT2D eigenvalue weighted by Gasteiger charge is 2.21. The lowest BCUT2D eigenvalue weighted by molar-refractivity contribution is -0.105. The number of rotatable bonds is 8. The van der Waals surface area contributed by atoms with Crippen LogP contribution in [0.4, 0.5) is 11.5 Å². The molecule has 1 amide bonds. The lowest BCUT2D eigenvalue weighted by Gasteiger charge is -2.09. The van der Waals surface area contributed by atoms with Crippen LogP contribution in [0.1, 0.15) is 5.56 Å². The minimum atomic E-state index is 0.550. The highest BCUT2D eigenvalue weighted by molar-refractivity contribution is 6.05. The van der Waals surface area contributed by atoms with Crippen molar-refractivity contribution in [3.8, 4) is 22.5 Å². The number of furan rings is 1. The van der Waals surface area contributed by atoms with Crippen molar-refractivity contribution in [2.24, 2.45) is 0 Å². The van der Waals surface area contributed by atoms with Crippen molar-refractivity contribution in [2.45, 2.75) is 6.42 Å². The van der Waals surface area contributed by atoms with Crippen LogP contribution in [0.15, 0.2) is 95.7 Å². The van der Waals surface area contributed by atoms with Gasteiger partial charge in [0.25, 0.3) is 0 Å². The number of nitrogens with one attached hydrogen (secondary N) is 2. The number of benzene rings is 3. The number of hydrogen-bond donors (Lipinski definition) is 2. The van der Waals surface area contributed by atoms with Crippen molar-refractivity contribution in [3.05, 3.63) is 96.8 Å². The number of aromatic nitrogens is 2. The molecule has 0 saturated heterocycles. The molecule has 0 spiro atoms. The number of carbonyl (C=O) groups excluding carboxylic acids is 1. The van der Waals surface area contributed by atoms with Gasteiger partial charge in [-0.15, -0.1) is 0 Å². The van der Waals surface area contributed by atoms with E-state index in [0.717, 1.165) is 51.3 Å². The van der Waals surface area contributed by atoms with Crippen molar-refractivity contribution in [3.63, 3.8) is 0 Å². The number of nitrogens with zero attached hydrogens (tertiary/aromatic N) is 2. The van der Waals surface area contributed by atoms with E-state index in [0.29, 0.717) is 18.7 Å². The molecule has 0 aliphatic carbocycles. The summed E-state index contributed by atoms with van der Waals surface area (Å²) in [7, 11) is 0. The van der Waals surface area contributed by atoms with Gasteiger partial charge in [-0.05, 0) is 29.7 Å². The molecule has 6 heteroatoms. The molecule has 2 aromatic heterocycles. The van der Waals surface area contributed by atoms with Gasteiger partial charge in [0.05, 0.1) is 5.39 Å². The fourth-order valence-corrected chi connectivity index (χ4v) is 3.90. The van der Waals surface area contributed by atoms with Crippen molar-refractivity contribution < 1.29 is 9.21 Å². The van der Waals surface area contributed by atoms with Gasteiger partial charge in [0.2, 0.25) is 12.1 Å². The van der Waals surface area contributed by atoms with E-state index < -0.39 is 0 Å². The zero-order chi connectivity index (χ0) is 22.5. The first-order valence-corrected chi connectivity index (χ1v) is 10.7. The first-order chi connectivity index (χ1) is 16.3. The van der Waals surface area contributed by atoms with Crippen LogP contribution >= 0.6 is 0 Å². The summed E-state index contributed by atoms with van der Waals surface area (Å²) in [4.78, 5) is 19.5. The van der Waals surface area contributed by atoms with Gasteiger partial charge in [-0.25, -0.2) is 9.97 Å². The molecule has 2 N–H and O–H groups in total. The molecule has 0 unspecified atom stereocenters. The van der Waals surface area contributed by atoms with Crippen LogP contribution in [0, 0.1) is 0 Å². The minimum Gasteiger partial charge on any atom is -0.437 e. The normalized spacial score (nSPS) is 10.8. The Labute approximate surface area is 191 Å². The predicted molar refractivity (Wildman–Crippen MR) is 131 cm³/mol. The quantitative estimate of drug-likeness (QED) is 0.303. The van der Waals surface area contributed by atoms with E-state index in [1.54, 1.807) is 0 Å². The van der Waals surface area contributed by atoms with Crippen LogP contribution in [0.2, 0.25) is 0 Å². The zero-order valence-electron chi connectivity index (χ0n) is 17.9. The van der Waals surface area contributed by atoms with Crippen LogP contribution in [-0.4, -0.2) is 22.9 Å². The van der Waals surface area contributed by atoms with E-state index in [2.05, 4.69) is 32.7 Å². The number of amides is 1. The number of anilines is 2. The van der Waals surface area contributed by atoms with Crippen molar-refractivity contribution in [1.29, 1.82) is 0 Å². The Morgan fingerprint density at radius 1 is 0.818 bits per heavy atom. The highest BCUT2D eigenvalue weighted by Crippen LogP contribution is 2.42. The molecule has 0 bridgehead atoms. The Hall–Kier alpha value is -4.45. The molecule has 0 fully saturated rings. The van der Waals surface area contributed by atoms with E-state index in [1.165, 1.54) is 6.33 Å². The second kappa shape index (κ2) is 9.36. The third-order valence-electron chi connectivity index (χ3n) is 5.47. The lowest BCUT2D eigenvalue weighted by Crippen LogP contribution is -2.07. The van der Waals surface area contributed by atoms with E-state index in [9.17, 15) is 4.79 Å². The van der Waals surface area contributed by atoms with E-state index >= 15 is 0 Å². The second-order valence-electron chi connectivity index (χ2n) is 7.58. The Bertz CT molecular complexity index is 1360. The number of fused-ring (bicyclic) bond motifs is 1. The van der Waals surface area contributed by atoms with Crippen LogP contribution in [0.5, 0.6) is 0 Å². The van der Waals surface area contributed by atoms with Crippen molar-refractivity contribution >= 4 is 29.0 Å². The highest BCUT2D eigenvalue weighted by atomic mass is 16.3. The third kappa shape index (κ3) is 4.32. The van der Waals surface area contributed by atoms with Crippen molar-refractivity contribution in [2.75, 3.05) is 17.2 Å². The summed E-state index contributed by atoms with van der Waals surface area (Å²) in [5.41, 5.74) is 5.50. The molecule has 6 nitrogen and oxygen atoms in total. The van der Waals surface area contributed by atoms with Crippen LogP contribution in [0.25, 0.3) is 33.6 Å². The average molecular weight is 434 g/mol. The fourth-order valence-electron chi connectivity index (χ4n) is 3.90. The molecule has 0 atom stereocenters. The topological polar surface area (TPSA) is 80.0 Å². The minimum absolute atomic E-state index is 0.550. The van der Waals surface area contributed by atoms with E-state index in [1.807, 2.05) is 72.8 Å². The van der Waals surface area contributed by atoms with Crippen LogP contribution in [0.3, 0.4) is 0 Å². The molecule has 0 saturated carbocycles. The van der Waals surface area contributed by atoms with Gasteiger partial charge in [-0.2, -0.15) is 0 Å². The smallest absolute Gasteiger partial charge is 0.232 e. The molecule has 3 aromatic carbocycles. The Morgan fingerprint density at radius 3 is 2.21 bits per heavy atom. The lowest BCUT2D eigenvalue weighted by atomic mass is 9.99. The maximum Gasteiger partial charge on any atom is 0.232 e. The first-order valence-electron chi connectivity index (χ1n) is 10.7. The predicted octanol–water partition coefficient (Wildman–Crippen LogP) is 5.78. The van der Waals surface area contributed by atoms with E-state index in [4.69, 9.17) is 4.42 Å². The monoisotopic (exact) mass is 434 g/mol. The fraction of sp³-hybridized carbons (Fsp3) is 0.0741. The SMILES string of the molecule is O=CNc1ccc(CCNc2ncnc3oc(-c4ccccc4)c(-c4ccccc4)c23)cc1. The third-order valence-corrected chi connectivity index (χ3v) is 5.47. The summed E-state index contributed by atoms with van der Waals surface area (Å²) in [5.74, 6) is 1.52. The Morgan fingerprint density at radius 2 is 1.52 bits per heavy atom. The van der Waals surface area contributed by atoms with Gasteiger partial charge in [0.15, 0.2) is 0 Å². The molecule has 0 radical (unpaired) electrons. The second-order valence-corrected chi connectivity index (χ2v) is 7.58. The molecular weight excluding hydrogens is 412 g/mol. The Kier molecular flexibility index (Phi) is 5.80. The largest absolute Gasteiger partial charge is 0.437 e. The molecular formula is C27H22N4O2.